The van der Waals surface area contributed by atoms with Gasteiger partial charge < -0.3 is 15.2 Å². The summed E-state index contributed by atoms with van der Waals surface area (Å²) in [5, 5.41) is 22.3. The lowest BCUT2D eigenvalue weighted by Gasteiger charge is -2.12. The van der Waals surface area contributed by atoms with E-state index >= 15 is 0 Å². The number of thioether (sulfide) groups is 1. The van der Waals surface area contributed by atoms with Gasteiger partial charge in [0.05, 0.1) is 13.7 Å². The van der Waals surface area contributed by atoms with Crippen molar-refractivity contribution >= 4 is 23.7 Å². The normalized spacial score (nSPS) is 10.7. The van der Waals surface area contributed by atoms with Crippen LogP contribution in [0.3, 0.4) is 0 Å². The van der Waals surface area contributed by atoms with Crippen molar-refractivity contribution in [3.63, 3.8) is 0 Å². The van der Waals surface area contributed by atoms with Crippen LogP contribution in [-0.4, -0.2) is 57.7 Å². The predicted octanol–water partition coefficient (Wildman–Crippen LogP) is 1.22. The van der Waals surface area contributed by atoms with Crippen LogP contribution in [0, 0.1) is 0 Å². The first kappa shape index (κ1) is 18.2. The molecule has 2 rings (SSSR count). The number of ether oxygens (including phenoxy) is 1. The summed E-state index contributed by atoms with van der Waals surface area (Å²) in [5.41, 5.74) is 3.67. The van der Waals surface area contributed by atoms with Crippen molar-refractivity contribution < 1.29 is 15.1 Å². The number of nitrogens with zero attached hydrogens (tertiary/aromatic N) is 4. The van der Waals surface area contributed by atoms with Crippen LogP contribution in [0.5, 0.6) is 5.75 Å². The molecule has 0 bridgehead atoms. The summed E-state index contributed by atoms with van der Waals surface area (Å²) < 4.78 is 5.13. The van der Waals surface area contributed by atoms with Gasteiger partial charge in [-0.2, -0.15) is 15.0 Å². The molecule has 1 heterocycles. The molecule has 2 aromatic rings. The van der Waals surface area contributed by atoms with Crippen LogP contribution in [0.2, 0.25) is 0 Å². The number of hydroxylamine groups is 1. The van der Waals surface area contributed by atoms with Gasteiger partial charge in [0.2, 0.25) is 11.9 Å². The molecule has 0 saturated heterocycles. The number of aromatic nitrogens is 3. The van der Waals surface area contributed by atoms with Crippen molar-refractivity contribution in [3.05, 3.63) is 29.8 Å². The Kier molecular flexibility index (Phi) is 7.00. The Morgan fingerprint density at radius 3 is 2.50 bits per heavy atom. The zero-order chi connectivity index (χ0) is 17.4. The van der Waals surface area contributed by atoms with Crippen LogP contribution in [0.1, 0.15) is 5.56 Å². The molecule has 0 atom stereocenters. The van der Waals surface area contributed by atoms with Crippen LogP contribution >= 0.6 is 11.8 Å². The highest BCUT2D eigenvalue weighted by molar-refractivity contribution is 7.98. The molecule has 130 valence electrons. The lowest BCUT2D eigenvalue weighted by molar-refractivity contribution is -0.0395. The lowest BCUT2D eigenvalue weighted by Crippen LogP contribution is -2.23. The molecule has 0 unspecified atom stereocenters. The number of rotatable bonds is 9. The summed E-state index contributed by atoms with van der Waals surface area (Å²) in [6.45, 7) is 0.281. The van der Waals surface area contributed by atoms with Gasteiger partial charge >= 0.3 is 0 Å². The minimum atomic E-state index is -0.0390. The number of hydrazine groups is 1. The van der Waals surface area contributed by atoms with E-state index in [-0.39, 0.29) is 12.6 Å². The van der Waals surface area contributed by atoms with Gasteiger partial charge in [0.1, 0.15) is 5.75 Å². The van der Waals surface area contributed by atoms with E-state index in [4.69, 9.17) is 9.84 Å². The molecule has 0 aliphatic carbocycles. The van der Waals surface area contributed by atoms with Crippen LogP contribution < -0.4 is 15.5 Å². The molecule has 0 aliphatic heterocycles. The van der Waals surface area contributed by atoms with Gasteiger partial charge in [0.25, 0.3) is 0 Å². The summed E-state index contributed by atoms with van der Waals surface area (Å²) in [4.78, 5) is 12.6. The third-order valence-corrected chi connectivity index (χ3v) is 3.72. The van der Waals surface area contributed by atoms with Crippen molar-refractivity contribution in [2.75, 3.05) is 38.1 Å². The van der Waals surface area contributed by atoms with Gasteiger partial charge in [-0.15, -0.1) is 5.17 Å². The fourth-order valence-corrected chi connectivity index (χ4v) is 2.52. The van der Waals surface area contributed by atoms with Crippen LogP contribution in [0.25, 0.3) is 0 Å². The Morgan fingerprint density at radius 2 is 1.88 bits per heavy atom. The number of aliphatic hydroxyl groups is 1. The molecule has 0 saturated carbocycles. The minimum absolute atomic E-state index is 0.0390. The van der Waals surface area contributed by atoms with Gasteiger partial charge in [0, 0.05) is 19.3 Å². The Hall–Kier alpha value is -2.14. The van der Waals surface area contributed by atoms with Crippen LogP contribution in [-0.2, 0) is 5.75 Å². The van der Waals surface area contributed by atoms with Crippen molar-refractivity contribution in [2.45, 2.75) is 10.9 Å². The maximum absolute atomic E-state index is 9.26. The highest BCUT2D eigenvalue weighted by Gasteiger charge is 2.08. The second-order valence-electron chi connectivity index (χ2n) is 4.69. The van der Waals surface area contributed by atoms with E-state index in [1.165, 1.54) is 18.8 Å². The molecule has 0 aliphatic rings. The first-order valence-electron chi connectivity index (χ1n) is 7.16. The first-order valence-corrected chi connectivity index (χ1v) is 8.15. The topological polar surface area (TPSA) is 116 Å². The molecule has 24 heavy (non-hydrogen) atoms. The zero-order valence-corrected chi connectivity index (χ0v) is 14.2. The fourth-order valence-electron chi connectivity index (χ4n) is 1.73. The summed E-state index contributed by atoms with van der Waals surface area (Å²) >= 11 is 1.43. The first-order chi connectivity index (χ1) is 11.6. The number of anilines is 2. The Labute approximate surface area is 144 Å². The maximum atomic E-state index is 9.26. The van der Waals surface area contributed by atoms with Crippen molar-refractivity contribution in [2.24, 2.45) is 0 Å². The smallest absolute Gasteiger partial charge is 0.245 e. The molecule has 0 spiro atoms. The van der Waals surface area contributed by atoms with Gasteiger partial charge in [-0.1, -0.05) is 23.9 Å². The summed E-state index contributed by atoms with van der Waals surface area (Å²) in [6.07, 6.45) is 0. The summed E-state index contributed by atoms with van der Waals surface area (Å²) in [7, 11) is 3.04. The lowest BCUT2D eigenvalue weighted by atomic mass is 10.2. The minimum Gasteiger partial charge on any atom is -0.497 e. The average molecular weight is 352 g/mol. The molecule has 4 N–H and O–H groups in total. The molecule has 0 fully saturated rings. The second-order valence-corrected chi connectivity index (χ2v) is 5.63. The maximum Gasteiger partial charge on any atom is 0.245 e. The molecule has 10 heteroatoms. The zero-order valence-electron chi connectivity index (χ0n) is 13.4. The molecule has 0 radical (unpaired) electrons. The SMILES string of the molecule is COc1ccc(CSc2nc(NCCO)nc(NN(C)O)n2)cc1. The largest absolute Gasteiger partial charge is 0.497 e. The Morgan fingerprint density at radius 1 is 1.17 bits per heavy atom. The standard InChI is InChI=1S/C14H20N6O3S/c1-20(22)19-13-16-12(15-7-8-21)17-14(18-13)24-9-10-3-5-11(23-2)6-4-10/h3-6,21-22H,7-9H2,1-2H3,(H2,15,16,17,18,19). The summed E-state index contributed by atoms with van der Waals surface area (Å²) in [6, 6.07) is 7.73. The average Bonchev–Trinajstić information content (AvgIpc) is 2.58. The van der Waals surface area contributed by atoms with Crippen LogP contribution in [0.15, 0.2) is 29.4 Å². The Bertz CT molecular complexity index is 641. The van der Waals surface area contributed by atoms with Gasteiger partial charge in [-0.25, -0.2) is 0 Å². The molecule has 1 aromatic carbocycles. The molecule has 0 amide bonds. The van der Waals surface area contributed by atoms with E-state index < -0.39 is 0 Å². The molecular weight excluding hydrogens is 332 g/mol. The third-order valence-electron chi connectivity index (χ3n) is 2.80. The van der Waals surface area contributed by atoms with E-state index in [1.807, 2.05) is 24.3 Å². The molecule has 1 aromatic heterocycles. The monoisotopic (exact) mass is 352 g/mol. The van der Waals surface area contributed by atoms with Gasteiger partial charge in [-0.3, -0.25) is 10.6 Å². The number of hydrogen-bond donors (Lipinski definition) is 4. The predicted molar refractivity (Wildman–Crippen MR) is 91.1 cm³/mol. The quantitative estimate of drug-likeness (QED) is 0.388. The second kappa shape index (κ2) is 9.23. The van der Waals surface area contributed by atoms with E-state index in [0.717, 1.165) is 16.5 Å². The Balaban J connectivity index is 2.08. The van der Waals surface area contributed by atoms with E-state index in [0.29, 0.717) is 23.4 Å². The molecular formula is C14H20N6O3S. The number of methoxy groups -OCH3 is 1. The number of hydrogen-bond acceptors (Lipinski definition) is 10. The van der Waals surface area contributed by atoms with Crippen molar-refractivity contribution in [1.29, 1.82) is 0 Å². The molecule has 9 nitrogen and oxygen atoms in total. The van der Waals surface area contributed by atoms with Crippen molar-refractivity contribution in [1.82, 2.24) is 20.1 Å². The fraction of sp³-hybridized carbons (Fsp3) is 0.357. The highest BCUT2D eigenvalue weighted by Crippen LogP contribution is 2.22. The highest BCUT2D eigenvalue weighted by atomic mass is 32.2. The van der Waals surface area contributed by atoms with Gasteiger partial charge in [0.15, 0.2) is 5.16 Å². The number of nitrogens with one attached hydrogen (secondary N) is 2. The van der Waals surface area contributed by atoms with E-state index in [2.05, 4.69) is 25.7 Å². The number of aliphatic hydroxyl groups excluding tert-OH is 1. The van der Waals surface area contributed by atoms with E-state index in [9.17, 15) is 5.21 Å². The summed E-state index contributed by atoms with van der Waals surface area (Å²) in [5.74, 6) is 1.99. The van der Waals surface area contributed by atoms with Crippen molar-refractivity contribution in [3.8, 4) is 5.75 Å². The van der Waals surface area contributed by atoms with Gasteiger partial charge in [-0.05, 0) is 17.7 Å². The number of benzene rings is 1. The van der Waals surface area contributed by atoms with Crippen LogP contribution in [0.4, 0.5) is 11.9 Å². The third kappa shape index (κ3) is 5.81. The van der Waals surface area contributed by atoms with E-state index in [1.54, 1.807) is 7.11 Å².